The summed E-state index contributed by atoms with van der Waals surface area (Å²) in [4.78, 5) is 13.8. The summed E-state index contributed by atoms with van der Waals surface area (Å²) in [5.41, 5.74) is 5.90. The summed E-state index contributed by atoms with van der Waals surface area (Å²) in [6.07, 6.45) is 1.48. The third-order valence-corrected chi connectivity index (χ3v) is 5.93. The average molecular weight is 329 g/mol. The molecule has 1 aromatic rings. The van der Waals surface area contributed by atoms with Crippen molar-refractivity contribution in [3.05, 3.63) is 11.9 Å². The Bertz CT molecular complexity index is 667. The summed E-state index contributed by atoms with van der Waals surface area (Å²) >= 11 is 0. The van der Waals surface area contributed by atoms with Crippen molar-refractivity contribution in [1.29, 1.82) is 0 Å². The second kappa shape index (κ2) is 5.98. The second-order valence-electron chi connectivity index (χ2n) is 5.87. The number of amides is 1. The standard InChI is InChI=1S/C13H23N5O3S/c1-9(2)18-6-5-17(7-11(18)13(14)19)22(20,21)12-8-16(4)15-10(12)3/h8-9,11H,5-7H2,1-4H3,(H2,14,19). The van der Waals surface area contributed by atoms with E-state index in [0.29, 0.717) is 18.8 Å². The van der Waals surface area contributed by atoms with Crippen molar-refractivity contribution in [1.82, 2.24) is 19.0 Å². The van der Waals surface area contributed by atoms with Crippen LogP contribution in [-0.4, -0.2) is 65.0 Å². The zero-order chi connectivity index (χ0) is 16.7. The lowest BCUT2D eigenvalue weighted by Crippen LogP contribution is -2.60. The molecule has 2 heterocycles. The van der Waals surface area contributed by atoms with Gasteiger partial charge in [0, 0.05) is 38.9 Å². The lowest BCUT2D eigenvalue weighted by atomic mass is 10.1. The summed E-state index contributed by atoms with van der Waals surface area (Å²) in [6, 6.07) is -0.483. The van der Waals surface area contributed by atoms with Crippen molar-refractivity contribution in [2.24, 2.45) is 12.8 Å². The molecule has 0 radical (unpaired) electrons. The van der Waals surface area contributed by atoms with Crippen LogP contribution in [0, 0.1) is 6.92 Å². The van der Waals surface area contributed by atoms with Crippen molar-refractivity contribution in [3.8, 4) is 0 Å². The third-order valence-electron chi connectivity index (χ3n) is 3.96. The van der Waals surface area contributed by atoms with E-state index < -0.39 is 22.0 Å². The van der Waals surface area contributed by atoms with E-state index in [1.165, 1.54) is 15.2 Å². The lowest BCUT2D eigenvalue weighted by Gasteiger charge is -2.41. The Labute approximate surface area is 130 Å². The van der Waals surface area contributed by atoms with E-state index in [0.717, 1.165) is 0 Å². The number of hydrogen-bond acceptors (Lipinski definition) is 5. The molecule has 1 aromatic heterocycles. The molecule has 1 atom stereocenters. The Kier molecular flexibility index (Phi) is 4.59. The van der Waals surface area contributed by atoms with Crippen molar-refractivity contribution in [3.63, 3.8) is 0 Å². The highest BCUT2D eigenvalue weighted by Crippen LogP contribution is 2.23. The van der Waals surface area contributed by atoms with Crippen LogP contribution in [0.1, 0.15) is 19.5 Å². The van der Waals surface area contributed by atoms with Crippen LogP contribution in [0.15, 0.2) is 11.1 Å². The number of aryl methyl sites for hydroxylation is 2. The fraction of sp³-hybridized carbons (Fsp3) is 0.692. The largest absolute Gasteiger partial charge is 0.368 e. The minimum atomic E-state index is -3.67. The fourth-order valence-corrected chi connectivity index (χ4v) is 4.47. The van der Waals surface area contributed by atoms with Gasteiger partial charge in [0.2, 0.25) is 15.9 Å². The molecule has 8 nitrogen and oxygen atoms in total. The third kappa shape index (κ3) is 3.01. The Morgan fingerprint density at radius 2 is 2.05 bits per heavy atom. The number of carbonyl (C=O) groups excluding carboxylic acids is 1. The number of rotatable bonds is 4. The van der Waals surface area contributed by atoms with Crippen LogP contribution in [0.3, 0.4) is 0 Å². The first-order valence-electron chi connectivity index (χ1n) is 7.20. The van der Waals surface area contributed by atoms with Crippen LogP contribution in [0.5, 0.6) is 0 Å². The molecular weight excluding hydrogens is 306 g/mol. The van der Waals surface area contributed by atoms with Gasteiger partial charge in [-0.3, -0.25) is 14.4 Å². The number of aromatic nitrogens is 2. The first-order valence-corrected chi connectivity index (χ1v) is 8.64. The summed E-state index contributed by atoms with van der Waals surface area (Å²) in [5, 5.41) is 4.08. The normalized spacial score (nSPS) is 21.4. The molecule has 1 saturated heterocycles. The molecule has 2 N–H and O–H groups in total. The lowest BCUT2D eigenvalue weighted by molar-refractivity contribution is -0.125. The average Bonchev–Trinajstić information content (AvgIpc) is 2.77. The quantitative estimate of drug-likeness (QED) is 0.787. The number of piperazine rings is 1. The molecule has 1 unspecified atom stereocenters. The van der Waals surface area contributed by atoms with Crippen LogP contribution in [0.2, 0.25) is 0 Å². The summed E-state index contributed by atoms with van der Waals surface area (Å²) in [5.74, 6) is -0.503. The predicted molar refractivity (Wildman–Crippen MR) is 81.5 cm³/mol. The minimum Gasteiger partial charge on any atom is -0.368 e. The van der Waals surface area contributed by atoms with Gasteiger partial charge in [0.15, 0.2) is 0 Å². The minimum absolute atomic E-state index is 0.0736. The smallest absolute Gasteiger partial charge is 0.246 e. The first-order chi connectivity index (χ1) is 10.1. The van der Waals surface area contributed by atoms with Gasteiger partial charge in [0.25, 0.3) is 0 Å². The number of nitrogens with two attached hydrogens (primary N) is 1. The number of primary amides is 1. The maximum Gasteiger partial charge on any atom is 0.246 e. The van der Waals surface area contributed by atoms with E-state index in [2.05, 4.69) is 5.10 Å². The molecule has 1 amide bonds. The molecule has 1 aliphatic rings. The Morgan fingerprint density at radius 3 is 2.50 bits per heavy atom. The van der Waals surface area contributed by atoms with Gasteiger partial charge in [-0.1, -0.05) is 0 Å². The zero-order valence-corrected chi connectivity index (χ0v) is 14.2. The molecule has 2 rings (SSSR count). The van der Waals surface area contributed by atoms with Crippen molar-refractivity contribution >= 4 is 15.9 Å². The van der Waals surface area contributed by atoms with Gasteiger partial charge < -0.3 is 5.73 Å². The van der Waals surface area contributed by atoms with E-state index in [1.807, 2.05) is 18.7 Å². The van der Waals surface area contributed by atoms with E-state index in [1.54, 1.807) is 14.0 Å². The SMILES string of the molecule is Cc1nn(C)cc1S(=O)(=O)N1CCN(C(C)C)C(C(N)=O)C1. The monoisotopic (exact) mass is 329 g/mol. The van der Waals surface area contributed by atoms with E-state index in [9.17, 15) is 13.2 Å². The maximum absolute atomic E-state index is 12.8. The van der Waals surface area contributed by atoms with Crippen molar-refractivity contribution in [2.75, 3.05) is 19.6 Å². The fourth-order valence-electron chi connectivity index (χ4n) is 2.83. The highest BCUT2D eigenvalue weighted by Gasteiger charge is 2.38. The molecule has 0 bridgehead atoms. The van der Waals surface area contributed by atoms with E-state index in [-0.39, 0.29) is 17.5 Å². The molecule has 0 spiro atoms. The molecular formula is C13H23N5O3S. The Morgan fingerprint density at radius 1 is 1.41 bits per heavy atom. The van der Waals surface area contributed by atoms with Gasteiger partial charge in [-0.25, -0.2) is 8.42 Å². The van der Waals surface area contributed by atoms with Gasteiger partial charge in [0.05, 0.1) is 5.69 Å². The Balaban J connectivity index is 2.30. The molecule has 9 heteroatoms. The highest BCUT2D eigenvalue weighted by molar-refractivity contribution is 7.89. The second-order valence-corrected chi connectivity index (χ2v) is 7.77. The summed E-state index contributed by atoms with van der Waals surface area (Å²) in [7, 11) is -2.00. The van der Waals surface area contributed by atoms with Crippen molar-refractivity contribution < 1.29 is 13.2 Å². The van der Waals surface area contributed by atoms with Gasteiger partial charge >= 0.3 is 0 Å². The maximum atomic E-state index is 12.8. The number of hydrogen-bond donors (Lipinski definition) is 1. The molecule has 0 aromatic carbocycles. The van der Waals surface area contributed by atoms with Crippen LogP contribution >= 0.6 is 0 Å². The molecule has 22 heavy (non-hydrogen) atoms. The Hall–Kier alpha value is -1.45. The first kappa shape index (κ1) is 16.9. The zero-order valence-electron chi connectivity index (χ0n) is 13.4. The number of carbonyl (C=O) groups is 1. The molecule has 0 saturated carbocycles. The molecule has 1 aliphatic heterocycles. The molecule has 0 aliphatic carbocycles. The van der Waals surface area contributed by atoms with Crippen molar-refractivity contribution in [2.45, 2.75) is 37.8 Å². The van der Waals surface area contributed by atoms with Gasteiger partial charge in [0.1, 0.15) is 10.9 Å². The topological polar surface area (TPSA) is 102 Å². The van der Waals surface area contributed by atoms with Gasteiger partial charge in [-0.2, -0.15) is 9.40 Å². The van der Waals surface area contributed by atoms with Gasteiger partial charge in [-0.05, 0) is 20.8 Å². The van der Waals surface area contributed by atoms with Gasteiger partial charge in [-0.15, -0.1) is 0 Å². The number of sulfonamides is 1. The van der Waals surface area contributed by atoms with Crippen LogP contribution in [-0.2, 0) is 21.9 Å². The highest BCUT2D eigenvalue weighted by atomic mass is 32.2. The number of nitrogens with zero attached hydrogens (tertiary/aromatic N) is 4. The van der Waals surface area contributed by atoms with E-state index >= 15 is 0 Å². The summed E-state index contributed by atoms with van der Waals surface area (Å²) in [6.45, 7) is 6.46. The van der Waals surface area contributed by atoms with Crippen LogP contribution < -0.4 is 5.73 Å². The molecule has 1 fully saturated rings. The van der Waals surface area contributed by atoms with E-state index in [4.69, 9.17) is 5.73 Å². The predicted octanol–water partition coefficient (Wildman–Crippen LogP) is -0.703. The van der Waals surface area contributed by atoms with Crippen LogP contribution in [0.4, 0.5) is 0 Å². The van der Waals surface area contributed by atoms with Crippen LogP contribution in [0.25, 0.3) is 0 Å². The summed E-state index contributed by atoms with van der Waals surface area (Å²) < 4.78 is 28.3. The molecule has 124 valence electrons.